The number of hydrogen-bond acceptors (Lipinski definition) is 9. The van der Waals surface area contributed by atoms with Crippen LogP contribution in [-0.4, -0.2) is 82.6 Å². The molecule has 1 saturated heterocycles. The Balaban J connectivity index is 0.981. The molecule has 2 N–H and O–H groups in total. The highest BCUT2D eigenvalue weighted by molar-refractivity contribution is 7.73. The topological polar surface area (TPSA) is 167 Å². The molecule has 12 rings (SSSR count). The number of hydrogen-bond donors (Lipinski definition) is 2. The van der Waals surface area contributed by atoms with Crippen molar-refractivity contribution in [1.29, 1.82) is 0 Å². The molecule has 0 unspecified atom stereocenters. The second kappa shape index (κ2) is 15.6. The van der Waals surface area contributed by atoms with Gasteiger partial charge < -0.3 is 24.1 Å². The summed E-state index contributed by atoms with van der Waals surface area (Å²) in [4.78, 5) is 47.7. The van der Waals surface area contributed by atoms with Gasteiger partial charge in [0, 0.05) is 84.4 Å². The van der Waals surface area contributed by atoms with E-state index in [0.717, 1.165) is 66.1 Å². The van der Waals surface area contributed by atoms with Gasteiger partial charge in [-0.25, -0.2) is 18.7 Å². The van der Waals surface area contributed by atoms with Crippen LogP contribution in [0.1, 0.15) is 115 Å². The summed E-state index contributed by atoms with van der Waals surface area (Å²) in [7, 11) is -0.781. The number of amides is 1. The van der Waals surface area contributed by atoms with E-state index in [0.29, 0.717) is 83.9 Å². The first-order valence-corrected chi connectivity index (χ1v) is 25.9. The molecule has 3 aromatic carbocycles. The second-order valence-corrected chi connectivity index (χ2v) is 23.3. The van der Waals surface area contributed by atoms with Gasteiger partial charge in [-0.05, 0) is 143 Å². The fourth-order valence-electron chi connectivity index (χ4n) is 11.7. The highest BCUT2D eigenvalue weighted by Gasteiger charge is 2.59. The normalized spacial score (nSPS) is 21.9. The maximum absolute atomic E-state index is 15.6. The zero-order valence-electron chi connectivity index (χ0n) is 38.9. The Bertz CT molecular complexity index is 3340. The SMILES string of the molecule is CNc1cc(-n2ccn(-c3c4c(nn3-c3cc(C)c(F)c(C)c3)CCN(C(=O)c3cc5cc(C6CCOCC6)ccc5n3[C@@]3(c5noc(=O)[nH]5)C[C@@H]3C)[C@H]4C)c2=O)ccc1P(=O)(C1CC1)C1CC1. The number of carbonyl (C=O) groups excluding carboxylic acids is 1. The zero-order valence-corrected chi connectivity index (χ0v) is 39.8. The van der Waals surface area contributed by atoms with Crippen molar-refractivity contribution in [3.05, 3.63) is 133 Å². The van der Waals surface area contributed by atoms with Crippen molar-refractivity contribution in [2.75, 3.05) is 32.1 Å². The number of anilines is 1. The average Bonchev–Trinajstić information content (AvgIpc) is 4.31. The number of aromatic nitrogens is 7. The Kier molecular flexibility index (Phi) is 9.91. The molecule has 352 valence electrons. The van der Waals surface area contributed by atoms with Crippen LogP contribution in [0.4, 0.5) is 10.1 Å². The van der Waals surface area contributed by atoms with Gasteiger partial charge in [-0.2, -0.15) is 5.10 Å². The molecule has 0 spiro atoms. The molecule has 1 amide bonds. The van der Waals surface area contributed by atoms with E-state index >= 15 is 9.18 Å². The lowest BCUT2D eigenvalue weighted by Gasteiger charge is -2.34. The summed E-state index contributed by atoms with van der Waals surface area (Å²) in [6, 6.07) is 17.0. The van der Waals surface area contributed by atoms with Gasteiger partial charge >= 0.3 is 11.4 Å². The fraction of sp³-hybridized carbons (Fsp3) is 0.431. The molecular weight excluding hydrogens is 885 g/mol. The molecule has 6 heterocycles. The summed E-state index contributed by atoms with van der Waals surface area (Å²) in [5, 5.41) is 14.4. The summed E-state index contributed by atoms with van der Waals surface area (Å²) in [6.45, 7) is 9.21. The van der Waals surface area contributed by atoms with Gasteiger partial charge in [0.15, 0.2) is 5.82 Å². The molecule has 7 aromatic rings. The van der Waals surface area contributed by atoms with Gasteiger partial charge in [0.05, 0.1) is 23.1 Å². The molecule has 68 heavy (non-hydrogen) atoms. The first-order valence-electron chi connectivity index (χ1n) is 24.0. The van der Waals surface area contributed by atoms with Crippen molar-refractivity contribution in [1.82, 2.24) is 38.5 Å². The first-order chi connectivity index (χ1) is 32.8. The van der Waals surface area contributed by atoms with Crippen molar-refractivity contribution < 1.29 is 23.0 Å². The third-order valence-corrected chi connectivity index (χ3v) is 20.1. The maximum atomic E-state index is 15.6. The number of aromatic amines is 1. The van der Waals surface area contributed by atoms with E-state index < -0.39 is 24.5 Å². The van der Waals surface area contributed by atoms with Crippen LogP contribution in [0.5, 0.6) is 0 Å². The zero-order chi connectivity index (χ0) is 47.0. The van der Waals surface area contributed by atoms with Crippen LogP contribution in [0, 0.1) is 25.6 Å². The molecule has 15 nitrogen and oxygen atoms in total. The molecule has 0 radical (unpaired) electrons. The average molecular weight is 940 g/mol. The number of H-pyrrole nitrogens is 1. The van der Waals surface area contributed by atoms with Gasteiger partial charge in [0.25, 0.3) is 5.91 Å². The van der Waals surface area contributed by atoms with Crippen LogP contribution < -0.4 is 22.1 Å². The predicted molar refractivity (Wildman–Crippen MR) is 257 cm³/mol. The van der Waals surface area contributed by atoms with Gasteiger partial charge in [0.1, 0.15) is 30.0 Å². The monoisotopic (exact) mass is 939 g/mol. The standard InChI is InChI=1S/C51H55FN9O6P/c1-28-22-36(23-29(2)45(28)52)61-46(59-19-18-58(50(59)64)35-7-13-43(40(26-35)53-5)68(65,37-8-9-37)38-10-11-38)44-31(4)57(17-14-39(44)55-61)47(62)42-25-34-24-33(32-15-20-66-21-16-32)6-12-41(34)60(42)51(27-30(51)3)48-54-49(63)67-56-48/h6-7,12-13,18-19,22-26,30-32,37-38,53H,8-11,14-17,20-21,27H2,1-5H3,(H,54,56,63)/t30-,31-,51-/m0/s1. The van der Waals surface area contributed by atoms with E-state index in [4.69, 9.17) is 14.4 Å². The Hall–Kier alpha value is -6.25. The van der Waals surface area contributed by atoms with Crippen LogP contribution in [0.25, 0.3) is 28.1 Å². The summed E-state index contributed by atoms with van der Waals surface area (Å²) in [6.07, 6.45) is 10.2. The Morgan fingerprint density at radius 1 is 0.912 bits per heavy atom. The van der Waals surface area contributed by atoms with Gasteiger partial charge in [-0.3, -0.25) is 23.4 Å². The van der Waals surface area contributed by atoms with Crippen molar-refractivity contribution in [2.45, 2.75) is 108 Å². The van der Waals surface area contributed by atoms with Crippen LogP contribution in [0.2, 0.25) is 0 Å². The molecule has 3 atom stereocenters. The number of nitrogens with one attached hydrogen (secondary N) is 2. The molecular formula is C51H55FN9O6P. The van der Waals surface area contributed by atoms with Crippen molar-refractivity contribution in [2.24, 2.45) is 5.92 Å². The minimum absolute atomic E-state index is 0.0237. The number of imidazole rings is 1. The maximum Gasteiger partial charge on any atom is 0.438 e. The Labute approximate surface area is 391 Å². The Morgan fingerprint density at radius 2 is 1.62 bits per heavy atom. The third-order valence-electron chi connectivity index (χ3n) is 15.7. The van der Waals surface area contributed by atoms with E-state index in [2.05, 4.69) is 45.1 Å². The lowest BCUT2D eigenvalue weighted by Crippen LogP contribution is -2.41. The number of halogens is 1. The van der Waals surface area contributed by atoms with Crippen LogP contribution in [-0.2, 0) is 21.3 Å². The molecule has 3 aliphatic carbocycles. The molecule has 4 fully saturated rings. The lowest BCUT2D eigenvalue weighted by atomic mass is 9.91. The number of aryl methyl sites for hydroxylation is 2. The first kappa shape index (κ1) is 43.1. The number of rotatable bonds is 11. The van der Waals surface area contributed by atoms with E-state index in [1.54, 1.807) is 52.2 Å². The van der Waals surface area contributed by atoms with Crippen molar-refractivity contribution in [3.63, 3.8) is 0 Å². The minimum Gasteiger partial charge on any atom is -0.387 e. The molecule has 4 aromatic heterocycles. The van der Waals surface area contributed by atoms with E-state index in [1.807, 2.05) is 43.1 Å². The summed E-state index contributed by atoms with van der Waals surface area (Å²) in [5.74, 6) is -0.0111. The number of benzene rings is 3. The highest BCUT2D eigenvalue weighted by Crippen LogP contribution is 2.70. The van der Waals surface area contributed by atoms with Crippen molar-refractivity contribution >= 4 is 34.9 Å². The minimum atomic E-state index is -2.61. The second-order valence-electron chi connectivity index (χ2n) is 19.9. The van der Waals surface area contributed by atoms with Crippen LogP contribution in [0.15, 0.2) is 81.1 Å². The molecule has 0 bridgehead atoms. The van der Waals surface area contributed by atoms with Gasteiger partial charge in [0.2, 0.25) is 0 Å². The fourth-order valence-corrected chi connectivity index (χ4v) is 15.8. The number of fused-ring (bicyclic) bond motifs is 2. The van der Waals surface area contributed by atoms with E-state index in [1.165, 1.54) is 5.56 Å². The van der Waals surface area contributed by atoms with Crippen LogP contribution in [0.3, 0.4) is 0 Å². The summed E-state index contributed by atoms with van der Waals surface area (Å²) in [5.41, 5.74) is 6.02. The van der Waals surface area contributed by atoms with Crippen LogP contribution >= 0.6 is 7.14 Å². The Morgan fingerprint density at radius 3 is 2.26 bits per heavy atom. The molecule has 3 saturated carbocycles. The molecule has 17 heteroatoms. The largest absolute Gasteiger partial charge is 0.438 e. The van der Waals surface area contributed by atoms with E-state index in [9.17, 15) is 14.2 Å². The van der Waals surface area contributed by atoms with Crippen molar-refractivity contribution in [3.8, 4) is 17.2 Å². The van der Waals surface area contributed by atoms with Gasteiger partial charge in [-0.15, -0.1) is 0 Å². The predicted octanol–water partition coefficient (Wildman–Crippen LogP) is 7.99. The van der Waals surface area contributed by atoms with Gasteiger partial charge in [-0.1, -0.05) is 18.1 Å². The smallest absolute Gasteiger partial charge is 0.387 e. The molecule has 2 aliphatic heterocycles. The highest BCUT2D eigenvalue weighted by atomic mass is 31.2. The summed E-state index contributed by atoms with van der Waals surface area (Å²) < 4.78 is 47.5. The quantitative estimate of drug-likeness (QED) is 0.122. The molecule has 5 aliphatic rings. The summed E-state index contributed by atoms with van der Waals surface area (Å²) >= 11 is 0. The lowest BCUT2D eigenvalue weighted by molar-refractivity contribution is 0.0663. The number of ether oxygens (including phenoxy) is 1. The third kappa shape index (κ3) is 6.53. The number of carbonyl (C=O) groups is 1. The number of nitrogens with zero attached hydrogens (tertiary/aromatic N) is 7. The van der Waals surface area contributed by atoms with E-state index in [-0.39, 0.29) is 34.7 Å².